The number of halogens is 2. The van der Waals surface area contributed by atoms with Crippen LogP contribution in [-0.2, 0) is 4.74 Å². The highest BCUT2D eigenvalue weighted by atomic mass is 35.5. The second-order valence-corrected chi connectivity index (χ2v) is 5.33. The Morgan fingerprint density at radius 1 is 1.32 bits per heavy atom. The van der Waals surface area contributed by atoms with E-state index in [1.807, 2.05) is 0 Å². The number of carbonyl (C=O) groups excluding carboxylic acids is 1. The zero-order valence-electron chi connectivity index (χ0n) is 11.1. The Kier molecular flexibility index (Phi) is 7.13. The predicted octanol–water partition coefficient (Wildman–Crippen LogP) is 3.18. The Labute approximate surface area is 123 Å². The van der Waals surface area contributed by atoms with Crippen molar-refractivity contribution >= 4 is 29.1 Å². The van der Waals surface area contributed by atoms with Crippen molar-refractivity contribution in [2.24, 2.45) is 5.92 Å². The summed E-state index contributed by atoms with van der Waals surface area (Å²) in [6.07, 6.45) is 1.02. The molecule has 0 fully saturated rings. The van der Waals surface area contributed by atoms with Crippen LogP contribution in [0.25, 0.3) is 0 Å². The molecular weight excluding hydrogens is 287 g/mol. The maximum Gasteiger partial charge on any atom is 0.251 e. The second-order valence-electron chi connectivity index (χ2n) is 4.55. The maximum atomic E-state index is 11.8. The quantitative estimate of drug-likeness (QED) is 0.622. The van der Waals surface area contributed by atoms with E-state index in [0.29, 0.717) is 31.2 Å². The van der Waals surface area contributed by atoms with Crippen molar-refractivity contribution < 1.29 is 9.53 Å². The molecule has 1 heterocycles. The number of ether oxygens (including phenoxy) is 1. The van der Waals surface area contributed by atoms with Gasteiger partial charge in [0, 0.05) is 18.7 Å². The van der Waals surface area contributed by atoms with E-state index in [2.05, 4.69) is 24.1 Å². The summed E-state index contributed by atoms with van der Waals surface area (Å²) in [7, 11) is 0. The van der Waals surface area contributed by atoms with Crippen molar-refractivity contribution in [3.05, 3.63) is 28.0 Å². The Balaban J connectivity index is 2.27. The molecule has 19 heavy (non-hydrogen) atoms. The lowest BCUT2D eigenvalue weighted by molar-refractivity contribution is 0.0905. The largest absolute Gasteiger partial charge is 0.380 e. The summed E-state index contributed by atoms with van der Waals surface area (Å²) in [6, 6.07) is 2.95. The molecule has 0 bridgehead atoms. The van der Waals surface area contributed by atoms with Crippen LogP contribution in [0.5, 0.6) is 0 Å². The zero-order chi connectivity index (χ0) is 14.3. The topological polar surface area (TPSA) is 51.2 Å². The Hall–Kier alpha value is -0.840. The number of pyridine rings is 1. The molecule has 0 atom stereocenters. The van der Waals surface area contributed by atoms with Gasteiger partial charge in [-0.15, -0.1) is 0 Å². The lowest BCUT2D eigenvalue weighted by Crippen LogP contribution is -2.27. The van der Waals surface area contributed by atoms with Crippen molar-refractivity contribution in [2.75, 3.05) is 19.8 Å². The SMILES string of the molecule is CC(C)CCOCCNC(=O)c1cc(Cl)nc(Cl)c1. The number of carbonyl (C=O) groups is 1. The van der Waals surface area contributed by atoms with Gasteiger partial charge in [-0.25, -0.2) is 4.98 Å². The van der Waals surface area contributed by atoms with E-state index in [0.717, 1.165) is 6.42 Å². The van der Waals surface area contributed by atoms with E-state index in [1.54, 1.807) is 0 Å². The van der Waals surface area contributed by atoms with Crippen LogP contribution >= 0.6 is 23.2 Å². The van der Waals surface area contributed by atoms with Gasteiger partial charge in [-0.3, -0.25) is 4.79 Å². The van der Waals surface area contributed by atoms with Crippen molar-refractivity contribution in [3.8, 4) is 0 Å². The molecule has 1 amide bonds. The van der Waals surface area contributed by atoms with Crippen LogP contribution in [0.15, 0.2) is 12.1 Å². The number of hydrogen-bond acceptors (Lipinski definition) is 3. The van der Waals surface area contributed by atoms with Crippen LogP contribution in [-0.4, -0.2) is 30.6 Å². The molecule has 1 aromatic rings. The van der Waals surface area contributed by atoms with Gasteiger partial charge in [0.25, 0.3) is 5.91 Å². The maximum absolute atomic E-state index is 11.8. The lowest BCUT2D eigenvalue weighted by atomic mass is 10.1. The average Bonchev–Trinajstić information content (AvgIpc) is 2.31. The predicted molar refractivity (Wildman–Crippen MR) is 76.9 cm³/mol. The molecule has 6 heteroatoms. The van der Waals surface area contributed by atoms with Gasteiger partial charge < -0.3 is 10.1 Å². The number of aromatic nitrogens is 1. The van der Waals surface area contributed by atoms with E-state index in [4.69, 9.17) is 27.9 Å². The fourth-order valence-electron chi connectivity index (χ4n) is 1.36. The average molecular weight is 305 g/mol. The zero-order valence-corrected chi connectivity index (χ0v) is 12.6. The van der Waals surface area contributed by atoms with Crippen molar-refractivity contribution in [3.63, 3.8) is 0 Å². The summed E-state index contributed by atoms with van der Waals surface area (Å²) in [5.41, 5.74) is 0.396. The first-order valence-electron chi connectivity index (χ1n) is 6.18. The standard InChI is InChI=1S/C13H18Cl2N2O2/c1-9(2)3-5-19-6-4-16-13(18)10-7-11(14)17-12(15)8-10/h7-9H,3-6H2,1-2H3,(H,16,18). The highest BCUT2D eigenvalue weighted by Crippen LogP contribution is 2.14. The van der Waals surface area contributed by atoms with Crippen LogP contribution < -0.4 is 5.32 Å². The van der Waals surface area contributed by atoms with Gasteiger partial charge in [0.1, 0.15) is 10.3 Å². The molecule has 0 radical (unpaired) electrons. The minimum atomic E-state index is -0.237. The third-order valence-electron chi connectivity index (χ3n) is 2.40. The summed E-state index contributed by atoms with van der Waals surface area (Å²) in [4.78, 5) is 15.6. The van der Waals surface area contributed by atoms with Crippen molar-refractivity contribution in [2.45, 2.75) is 20.3 Å². The van der Waals surface area contributed by atoms with E-state index < -0.39 is 0 Å². The highest BCUT2D eigenvalue weighted by Gasteiger charge is 2.07. The third-order valence-corrected chi connectivity index (χ3v) is 2.78. The van der Waals surface area contributed by atoms with E-state index >= 15 is 0 Å². The van der Waals surface area contributed by atoms with Crippen molar-refractivity contribution in [1.29, 1.82) is 0 Å². The molecule has 0 aliphatic rings. The minimum Gasteiger partial charge on any atom is -0.380 e. The first kappa shape index (κ1) is 16.2. The van der Waals surface area contributed by atoms with Gasteiger partial charge in [0.05, 0.1) is 6.61 Å². The summed E-state index contributed by atoms with van der Waals surface area (Å²) in [5, 5.41) is 3.13. The van der Waals surface area contributed by atoms with E-state index in [-0.39, 0.29) is 16.2 Å². The third kappa shape index (κ3) is 6.76. The van der Waals surface area contributed by atoms with Gasteiger partial charge in [-0.2, -0.15) is 0 Å². The molecule has 0 aliphatic carbocycles. The molecule has 1 N–H and O–H groups in total. The fraction of sp³-hybridized carbons (Fsp3) is 0.538. The summed E-state index contributed by atoms with van der Waals surface area (Å²) in [5.74, 6) is 0.384. The molecule has 0 spiro atoms. The first-order valence-corrected chi connectivity index (χ1v) is 6.93. The number of nitrogens with one attached hydrogen (secondary N) is 1. The molecule has 0 saturated carbocycles. The molecule has 106 valence electrons. The molecule has 4 nitrogen and oxygen atoms in total. The number of hydrogen-bond donors (Lipinski definition) is 1. The van der Waals surface area contributed by atoms with Gasteiger partial charge in [0.15, 0.2) is 0 Å². The molecule has 0 unspecified atom stereocenters. The van der Waals surface area contributed by atoms with Crippen LogP contribution in [0.2, 0.25) is 10.3 Å². The minimum absolute atomic E-state index is 0.200. The van der Waals surface area contributed by atoms with Crippen LogP contribution in [0.4, 0.5) is 0 Å². The van der Waals surface area contributed by atoms with Gasteiger partial charge >= 0.3 is 0 Å². The molecule has 1 rings (SSSR count). The van der Waals surface area contributed by atoms with Gasteiger partial charge in [-0.1, -0.05) is 37.0 Å². The second kappa shape index (κ2) is 8.35. The Morgan fingerprint density at radius 2 is 1.95 bits per heavy atom. The van der Waals surface area contributed by atoms with Gasteiger partial charge in [-0.05, 0) is 24.5 Å². The molecule has 1 aromatic heterocycles. The van der Waals surface area contributed by atoms with Crippen LogP contribution in [0.1, 0.15) is 30.6 Å². The Morgan fingerprint density at radius 3 is 2.53 bits per heavy atom. The molecular formula is C13H18Cl2N2O2. The monoisotopic (exact) mass is 304 g/mol. The molecule has 0 aromatic carbocycles. The fourth-order valence-corrected chi connectivity index (χ4v) is 1.82. The number of rotatable bonds is 7. The molecule has 0 saturated heterocycles. The number of amides is 1. The molecule has 0 aliphatic heterocycles. The highest BCUT2D eigenvalue weighted by molar-refractivity contribution is 6.33. The summed E-state index contributed by atoms with van der Waals surface area (Å²) < 4.78 is 5.40. The van der Waals surface area contributed by atoms with Crippen LogP contribution in [0, 0.1) is 5.92 Å². The summed E-state index contributed by atoms with van der Waals surface area (Å²) >= 11 is 11.5. The van der Waals surface area contributed by atoms with E-state index in [1.165, 1.54) is 12.1 Å². The first-order chi connectivity index (χ1) is 8.99. The number of nitrogens with zero attached hydrogens (tertiary/aromatic N) is 1. The smallest absolute Gasteiger partial charge is 0.251 e. The summed E-state index contributed by atoms with van der Waals surface area (Å²) in [6.45, 7) is 5.93. The van der Waals surface area contributed by atoms with Crippen LogP contribution in [0.3, 0.4) is 0 Å². The normalized spacial score (nSPS) is 10.8. The lowest BCUT2D eigenvalue weighted by Gasteiger charge is -2.08. The van der Waals surface area contributed by atoms with E-state index in [9.17, 15) is 4.79 Å². The van der Waals surface area contributed by atoms with Gasteiger partial charge in [0.2, 0.25) is 0 Å². The van der Waals surface area contributed by atoms with Crippen molar-refractivity contribution in [1.82, 2.24) is 10.3 Å². The Bertz CT molecular complexity index is 405.